The Morgan fingerprint density at radius 1 is 1.28 bits per heavy atom. The first-order valence-electron chi connectivity index (χ1n) is 7.94. The average Bonchev–Trinajstić information content (AvgIpc) is 2.92. The van der Waals surface area contributed by atoms with Gasteiger partial charge in [-0.15, -0.1) is 0 Å². The SMILES string of the molecule is CCOC(=O)C(C)N(Cc1ccccc1)S(=O)(=O)c1c(C)noc1C. The molecule has 25 heavy (non-hydrogen) atoms. The van der Waals surface area contributed by atoms with Crippen molar-refractivity contribution in [3.05, 3.63) is 47.3 Å². The molecule has 1 atom stereocenters. The highest BCUT2D eigenvalue weighted by Gasteiger charge is 2.37. The molecule has 2 aromatic rings. The van der Waals surface area contributed by atoms with Crippen molar-refractivity contribution >= 4 is 16.0 Å². The molecule has 7 nitrogen and oxygen atoms in total. The van der Waals surface area contributed by atoms with Crippen molar-refractivity contribution in [3.63, 3.8) is 0 Å². The Kier molecular flexibility index (Phi) is 5.97. The molecule has 0 aliphatic carbocycles. The van der Waals surface area contributed by atoms with Crippen molar-refractivity contribution in [2.24, 2.45) is 0 Å². The van der Waals surface area contributed by atoms with Gasteiger partial charge in [-0.05, 0) is 33.3 Å². The van der Waals surface area contributed by atoms with E-state index in [-0.39, 0.29) is 29.5 Å². The molecule has 0 spiro atoms. The van der Waals surface area contributed by atoms with Crippen LogP contribution in [0.2, 0.25) is 0 Å². The third-order valence-corrected chi connectivity index (χ3v) is 5.94. The van der Waals surface area contributed by atoms with E-state index >= 15 is 0 Å². The quantitative estimate of drug-likeness (QED) is 0.699. The second kappa shape index (κ2) is 7.79. The largest absolute Gasteiger partial charge is 0.465 e. The third kappa shape index (κ3) is 4.08. The van der Waals surface area contributed by atoms with Crippen LogP contribution in [0.5, 0.6) is 0 Å². The van der Waals surface area contributed by atoms with E-state index in [9.17, 15) is 13.2 Å². The summed E-state index contributed by atoms with van der Waals surface area (Å²) in [6.07, 6.45) is 0. The molecule has 1 heterocycles. The van der Waals surface area contributed by atoms with Crippen molar-refractivity contribution in [3.8, 4) is 0 Å². The van der Waals surface area contributed by atoms with Crippen molar-refractivity contribution < 1.29 is 22.5 Å². The molecule has 8 heteroatoms. The van der Waals surface area contributed by atoms with Gasteiger partial charge >= 0.3 is 5.97 Å². The first kappa shape index (κ1) is 19.1. The van der Waals surface area contributed by atoms with Gasteiger partial charge in [-0.2, -0.15) is 4.31 Å². The number of hydrogen-bond donors (Lipinski definition) is 0. The van der Waals surface area contributed by atoms with Crippen LogP contribution in [-0.2, 0) is 26.1 Å². The average molecular weight is 366 g/mol. The lowest BCUT2D eigenvalue weighted by Gasteiger charge is -2.27. The molecule has 0 bridgehead atoms. The van der Waals surface area contributed by atoms with Gasteiger partial charge in [-0.25, -0.2) is 8.42 Å². The number of esters is 1. The predicted octanol–water partition coefficient (Wildman–Crippen LogP) is 2.43. The minimum absolute atomic E-state index is 0.0143. The zero-order chi connectivity index (χ0) is 18.6. The Hall–Kier alpha value is -2.19. The zero-order valence-corrected chi connectivity index (χ0v) is 15.5. The standard InChI is InChI=1S/C17H22N2O5S/c1-5-23-17(20)13(3)19(11-15-9-7-6-8-10-15)25(21,22)16-12(2)18-24-14(16)4/h6-10,13H,5,11H2,1-4H3. The minimum Gasteiger partial charge on any atom is -0.465 e. The predicted molar refractivity (Wildman–Crippen MR) is 91.2 cm³/mol. The smallest absolute Gasteiger partial charge is 0.324 e. The Morgan fingerprint density at radius 2 is 1.92 bits per heavy atom. The molecular weight excluding hydrogens is 344 g/mol. The van der Waals surface area contributed by atoms with E-state index in [4.69, 9.17) is 9.26 Å². The molecule has 0 saturated carbocycles. The lowest BCUT2D eigenvalue weighted by Crippen LogP contribution is -2.43. The molecule has 136 valence electrons. The van der Waals surface area contributed by atoms with Gasteiger partial charge in [0.2, 0.25) is 10.0 Å². The number of rotatable bonds is 7. The van der Waals surface area contributed by atoms with E-state index < -0.39 is 22.0 Å². The van der Waals surface area contributed by atoms with Gasteiger partial charge in [-0.3, -0.25) is 4.79 Å². The number of carbonyl (C=O) groups excluding carboxylic acids is 1. The van der Waals surface area contributed by atoms with Gasteiger partial charge in [0.1, 0.15) is 16.6 Å². The number of benzene rings is 1. The summed E-state index contributed by atoms with van der Waals surface area (Å²) < 4.78 is 37.5. The minimum atomic E-state index is -4.00. The van der Waals surface area contributed by atoms with Crippen LogP contribution < -0.4 is 0 Å². The fourth-order valence-corrected chi connectivity index (χ4v) is 4.40. The van der Waals surface area contributed by atoms with Crippen LogP contribution >= 0.6 is 0 Å². The Bertz CT molecular complexity index is 810. The van der Waals surface area contributed by atoms with Crippen LogP contribution in [0.4, 0.5) is 0 Å². The number of nitrogens with zero attached hydrogens (tertiary/aromatic N) is 2. The third-order valence-electron chi connectivity index (χ3n) is 3.78. The molecule has 0 fully saturated rings. The van der Waals surface area contributed by atoms with Crippen LogP contribution in [0.1, 0.15) is 30.9 Å². The van der Waals surface area contributed by atoms with Gasteiger partial charge in [0.05, 0.1) is 6.61 Å². The Balaban J connectivity index is 2.48. The molecule has 0 N–H and O–H groups in total. The number of hydrogen-bond acceptors (Lipinski definition) is 6. The summed E-state index contributed by atoms with van der Waals surface area (Å²) in [5.41, 5.74) is 1.01. The van der Waals surface area contributed by atoms with Crippen LogP contribution in [-0.4, -0.2) is 36.5 Å². The first-order chi connectivity index (χ1) is 11.8. The highest BCUT2D eigenvalue weighted by atomic mass is 32.2. The summed E-state index contributed by atoms with van der Waals surface area (Å²) in [4.78, 5) is 12.2. The Labute approximate surface area is 147 Å². The fraction of sp³-hybridized carbons (Fsp3) is 0.412. The monoisotopic (exact) mass is 366 g/mol. The van der Waals surface area contributed by atoms with Gasteiger partial charge in [0.15, 0.2) is 5.76 Å². The van der Waals surface area contributed by atoms with Gasteiger partial charge < -0.3 is 9.26 Å². The molecule has 0 radical (unpaired) electrons. The summed E-state index contributed by atoms with van der Waals surface area (Å²) in [5.74, 6) is -0.416. The summed E-state index contributed by atoms with van der Waals surface area (Å²) in [6.45, 7) is 6.48. The molecule has 2 rings (SSSR count). The van der Waals surface area contributed by atoms with E-state index in [0.717, 1.165) is 9.87 Å². The number of carbonyl (C=O) groups is 1. The van der Waals surface area contributed by atoms with E-state index in [1.165, 1.54) is 13.8 Å². The second-order valence-electron chi connectivity index (χ2n) is 5.62. The van der Waals surface area contributed by atoms with Crippen molar-refractivity contribution in [2.45, 2.75) is 45.2 Å². The second-order valence-corrected chi connectivity index (χ2v) is 7.44. The molecule has 1 aromatic heterocycles. The van der Waals surface area contributed by atoms with Crippen LogP contribution in [0, 0.1) is 13.8 Å². The molecule has 1 aromatic carbocycles. The molecule has 0 amide bonds. The van der Waals surface area contributed by atoms with Crippen molar-refractivity contribution in [1.29, 1.82) is 0 Å². The molecule has 0 aliphatic heterocycles. The fourth-order valence-electron chi connectivity index (χ4n) is 2.53. The summed E-state index contributed by atoms with van der Waals surface area (Å²) in [6, 6.07) is 8.07. The molecule has 0 aliphatic rings. The first-order valence-corrected chi connectivity index (χ1v) is 9.38. The van der Waals surface area contributed by atoms with Crippen LogP contribution in [0.15, 0.2) is 39.8 Å². The van der Waals surface area contributed by atoms with E-state index in [1.807, 2.05) is 18.2 Å². The Morgan fingerprint density at radius 3 is 2.44 bits per heavy atom. The normalized spacial score (nSPS) is 13.0. The molecule has 1 unspecified atom stereocenters. The maximum Gasteiger partial charge on any atom is 0.324 e. The lowest BCUT2D eigenvalue weighted by atomic mass is 10.2. The van der Waals surface area contributed by atoms with Gasteiger partial charge in [-0.1, -0.05) is 35.5 Å². The van der Waals surface area contributed by atoms with E-state index in [0.29, 0.717) is 0 Å². The summed E-state index contributed by atoms with van der Waals surface area (Å²) >= 11 is 0. The zero-order valence-electron chi connectivity index (χ0n) is 14.7. The van der Waals surface area contributed by atoms with Crippen molar-refractivity contribution in [1.82, 2.24) is 9.46 Å². The highest BCUT2D eigenvalue weighted by Crippen LogP contribution is 2.26. The number of sulfonamides is 1. The topological polar surface area (TPSA) is 89.7 Å². The maximum absolute atomic E-state index is 13.2. The highest BCUT2D eigenvalue weighted by molar-refractivity contribution is 7.89. The maximum atomic E-state index is 13.2. The van der Waals surface area contributed by atoms with Crippen molar-refractivity contribution in [2.75, 3.05) is 6.61 Å². The van der Waals surface area contributed by atoms with Crippen LogP contribution in [0.25, 0.3) is 0 Å². The van der Waals surface area contributed by atoms with Gasteiger partial charge in [0.25, 0.3) is 0 Å². The number of ether oxygens (including phenoxy) is 1. The number of aryl methyl sites for hydroxylation is 2. The number of aromatic nitrogens is 1. The summed E-state index contributed by atoms with van der Waals surface area (Å²) in [7, 11) is -4.00. The summed E-state index contributed by atoms with van der Waals surface area (Å²) in [5, 5.41) is 3.72. The lowest BCUT2D eigenvalue weighted by molar-refractivity contribution is -0.147. The van der Waals surface area contributed by atoms with Gasteiger partial charge in [0, 0.05) is 6.54 Å². The van der Waals surface area contributed by atoms with Crippen LogP contribution in [0.3, 0.4) is 0 Å². The van der Waals surface area contributed by atoms with E-state index in [2.05, 4.69) is 5.16 Å². The molecule has 0 saturated heterocycles. The van der Waals surface area contributed by atoms with E-state index in [1.54, 1.807) is 26.0 Å². The molecular formula is C17H22N2O5S.